The summed E-state index contributed by atoms with van der Waals surface area (Å²) in [6, 6.07) is 0. The van der Waals surface area contributed by atoms with Crippen LogP contribution in [0.5, 0.6) is 0 Å². The Morgan fingerprint density at radius 2 is 2.41 bits per heavy atom. The molecule has 0 fully saturated rings. The van der Waals surface area contributed by atoms with Gasteiger partial charge in [-0.25, -0.2) is 4.98 Å². The molecule has 1 heterocycles. The molecule has 17 heavy (non-hydrogen) atoms. The molecule has 1 aromatic heterocycles. The van der Waals surface area contributed by atoms with Crippen molar-refractivity contribution in [2.45, 2.75) is 12.5 Å². The second-order valence-electron chi connectivity index (χ2n) is 3.38. The van der Waals surface area contributed by atoms with E-state index >= 15 is 0 Å². The van der Waals surface area contributed by atoms with Crippen molar-refractivity contribution in [2.24, 2.45) is 0 Å². The van der Waals surface area contributed by atoms with Gasteiger partial charge in [0.25, 0.3) is 5.91 Å². The Balaban J connectivity index is 2.35. The second kappa shape index (κ2) is 7.16. The Hall–Kier alpha value is -1.24. The minimum absolute atomic E-state index is 0.152. The summed E-state index contributed by atoms with van der Waals surface area (Å²) in [6.07, 6.45) is 2.49. The van der Waals surface area contributed by atoms with Crippen LogP contribution >= 0.6 is 11.6 Å². The molecule has 2 N–H and O–H groups in total. The van der Waals surface area contributed by atoms with Crippen molar-refractivity contribution in [3.8, 4) is 0 Å². The van der Waals surface area contributed by atoms with Gasteiger partial charge in [0.1, 0.15) is 10.8 Å². The Morgan fingerprint density at radius 3 is 3.06 bits per heavy atom. The summed E-state index contributed by atoms with van der Waals surface area (Å²) in [7, 11) is 1.50. The number of halogens is 1. The molecule has 1 amide bonds. The van der Waals surface area contributed by atoms with Crippen LogP contribution in [0.15, 0.2) is 12.4 Å². The number of aromatic nitrogens is 2. The van der Waals surface area contributed by atoms with E-state index in [1.807, 2.05) is 0 Å². The van der Waals surface area contributed by atoms with Gasteiger partial charge in [-0.2, -0.15) is 0 Å². The lowest BCUT2D eigenvalue weighted by Gasteiger charge is -2.09. The molecule has 1 atom stereocenters. The minimum atomic E-state index is -0.592. The van der Waals surface area contributed by atoms with Crippen LogP contribution in [0.3, 0.4) is 0 Å². The summed E-state index contributed by atoms with van der Waals surface area (Å²) in [5.41, 5.74) is 0.152. The van der Waals surface area contributed by atoms with Gasteiger partial charge in [0.2, 0.25) is 0 Å². The Morgan fingerprint density at radius 1 is 1.65 bits per heavy atom. The van der Waals surface area contributed by atoms with Gasteiger partial charge >= 0.3 is 0 Å². The number of rotatable bonds is 6. The highest BCUT2D eigenvalue weighted by Gasteiger charge is 2.09. The van der Waals surface area contributed by atoms with Gasteiger partial charge in [-0.1, -0.05) is 11.6 Å². The van der Waals surface area contributed by atoms with E-state index < -0.39 is 6.10 Å². The number of amides is 1. The molecule has 0 bridgehead atoms. The normalized spacial score (nSPS) is 12.2. The van der Waals surface area contributed by atoms with Crippen molar-refractivity contribution in [3.63, 3.8) is 0 Å². The lowest BCUT2D eigenvalue weighted by Crippen LogP contribution is -2.29. The zero-order chi connectivity index (χ0) is 12.7. The molecule has 0 aliphatic carbocycles. The molecule has 94 valence electrons. The van der Waals surface area contributed by atoms with Crippen molar-refractivity contribution in [2.75, 3.05) is 20.3 Å². The first-order valence-electron chi connectivity index (χ1n) is 5.06. The average molecular weight is 260 g/mol. The SMILES string of the molecule is COCC(O)CCNC(=O)c1cncc(Cl)n1. The number of hydrogen-bond donors (Lipinski definition) is 2. The van der Waals surface area contributed by atoms with Crippen LogP contribution in [-0.2, 0) is 4.74 Å². The maximum atomic E-state index is 11.6. The number of methoxy groups -OCH3 is 1. The molecule has 1 aromatic rings. The molecule has 0 saturated heterocycles. The fraction of sp³-hybridized carbons (Fsp3) is 0.500. The van der Waals surface area contributed by atoms with Crippen LogP contribution in [0, 0.1) is 0 Å². The molecule has 1 unspecified atom stereocenters. The number of carbonyl (C=O) groups excluding carboxylic acids is 1. The maximum absolute atomic E-state index is 11.6. The van der Waals surface area contributed by atoms with Crippen LogP contribution in [-0.4, -0.2) is 47.3 Å². The van der Waals surface area contributed by atoms with Crippen molar-refractivity contribution in [3.05, 3.63) is 23.2 Å². The Labute approximate surface area is 104 Å². The quantitative estimate of drug-likeness (QED) is 0.765. The van der Waals surface area contributed by atoms with E-state index in [9.17, 15) is 9.90 Å². The first-order chi connectivity index (χ1) is 8.13. The van der Waals surface area contributed by atoms with Gasteiger partial charge < -0.3 is 15.2 Å². The lowest BCUT2D eigenvalue weighted by atomic mass is 10.2. The van der Waals surface area contributed by atoms with Gasteiger partial charge in [-0.3, -0.25) is 9.78 Å². The molecule has 1 rings (SSSR count). The zero-order valence-corrected chi connectivity index (χ0v) is 10.1. The van der Waals surface area contributed by atoms with Crippen LogP contribution < -0.4 is 5.32 Å². The van der Waals surface area contributed by atoms with E-state index in [0.29, 0.717) is 13.0 Å². The minimum Gasteiger partial charge on any atom is -0.391 e. The largest absolute Gasteiger partial charge is 0.391 e. The highest BCUT2D eigenvalue weighted by molar-refractivity contribution is 6.29. The summed E-state index contributed by atoms with van der Waals surface area (Å²) in [6.45, 7) is 0.574. The van der Waals surface area contributed by atoms with Crippen LogP contribution in [0.25, 0.3) is 0 Å². The van der Waals surface area contributed by atoms with Crippen molar-refractivity contribution in [1.82, 2.24) is 15.3 Å². The van der Waals surface area contributed by atoms with Crippen molar-refractivity contribution >= 4 is 17.5 Å². The number of hydrogen-bond acceptors (Lipinski definition) is 5. The van der Waals surface area contributed by atoms with E-state index in [0.717, 1.165) is 0 Å². The molecule has 6 nitrogen and oxygen atoms in total. The smallest absolute Gasteiger partial charge is 0.271 e. The number of nitrogens with one attached hydrogen (secondary N) is 1. The van der Waals surface area contributed by atoms with E-state index in [2.05, 4.69) is 15.3 Å². The van der Waals surface area contributed by atoms with Gasteiger partial charge in [-0.05, 0) is 6.42 Å². The molecule has 0 aromatic carbocycles. The van der Waals surface area contributed by atoms with Gasteiger partial charge in [0.15, 0.2) is 0 Å². The third kappa shape index (κ3) is 5.08. The van der Waals surface area contributed by atoms with E-state index in [-0.39, 0.29) is 23.4 Å². The highest BCUT2D eigenvalue weighted by atomic mass is 35.5. The summed E-state index contributed by atoms with van der Waals surface area (Å²) < 4.78 is 4.76. The van der Waals surface area contributed by atoms with E-state index in [1.54, 1.807) is 0 Å². The number of nitrogens with zero attached hydrogens (tertiary/aromatic N) is 2. The van der Waals surface area contributed by atoms with Crippen LogP contribution in [0.1, 0.15) is 16.9 Å². The predicted molar refractivity (Wildman–Crippen MR) is 61.9 cm³/mol. The number of aliphatic hydroxyl groups is 1. The summed E-state index contributed by atoms with van der Waals surface area (Å²) in [4.78, 5) is 19.1. The monoisotopic (exact) mass is 259 g/mol. The summed E-state index contributed by atoms with van der Waals surface area (Å²) in [5, 5.41) is 12.1. The molecule has 0 radical (unpaired) electrons. The molecule has 0 spiro atoms. The molecule has 0 saturated carbocycles. The molecule has 0 aliphatic heterocycles. The van der Waals surface area contributed by atoms with Gasteiger partial charge in [-0.15, -0.1) is 0 Å². The lowest BCUT2D eigenvalue weighted by molar-refractivity contribution is 0.0587. The van der Waals surface area contributed by atoms with Gasteiger partial charge in [0.05, 0.1) is 25.1 Å². The van der Waals surface area contributed by atoms with Crippen LogP contribution in [0.2, 0.25) is 5.15 Å². The molecule has 0 aliphatic rings. The third-order valence-electron chi connectivity index (χ3n) is 1.96. The topological polar surface area (TPSA) is 84.3 Å². The molecular weight excluding hydrogens is 246 g/mol. The Bertz CT molecular complexity index is 376. The van der Waals surface area contributed by atoms with E-state index in [4.69, 9.17) is 16.3 Å². The predicted octanol–water partition coefficient (Wildman–Crippen LogP) is 0.257. The Kier molecular flexibility index (Phi) is 5.82. The highest BCUT2D eigenvalue weighted by Crippen LogP contribution is 2.02. The number of ether oxygens (including phenoxy) is 1. The molecule has 7 heteroatoms. The van der Waals surface area contributed by atoms with Crippen LogP contribution in [0.4, 0.5) is 0 Å². The standard InChI is InChI=1S/C10H14ClN3O3/c1-17-6-7(15)2-3-13-10(16)8-4-12-5-9(11)14-8/h4-5,7,15H,2-3,6H2,1H3,(H,13,16). The fourth-order valence-electron chi connectivity index (χ4n) is 1.17. The summed E-state index contributed by atoms with van der Waals surface area (Å²) >= 11 is 5.60. The van der Waals surface area contributed by atoms with Crippen molar-refractivity contribution in [1.29, 1.82) is 0 Å². The molecular formula is C10H14ClN3O3. The zero-order valence-electron chi connectivity index (χ0n) is 9.39. The summed E-state index contributed by atoms with van der Waals surface area (Å²) in [5.74, 6) is -0.371. The third-order valence-corrected chi connectivity index (χ3v) is 2.14. The van der Waals surface area contributed by atoms with E-state index in [1.165, 1.54) is 19.5 Å². The number of aliphatic hydroxyl groups excluding tert-OH is 1. The van der Waals surface area contributed by atoms with Gasteiger partial charge in [0, 0.05) is 13.7 Å². The fourth-order valence-corrected chi connectivity index (χ4v) is 1.32. The second-order valence-corrected chi connectivity index (χ2v) is 3.77. The first-order valence-corrected chi connectivity index (χ1v) is 5.44. The maximum Gasteiger partial charge on any atom is 0.271 e. The van der Waals surface area contributed by atoms with Crippen molar-refractivity contribution < 1.29 is 14.6 Å². The average Bonchev–Trinajstić information content (AvgIpc) is 2.29. The number of carbonyl (C=O) groups is 1. The first kappa shape index (κ1) is 13.8.